The second-order valence-corrected chi connectivity index (χ2v) is 7.52. The molecule has 25 heavy (non-hydrogen) atoms. The maximum Gasteiger partial charge on any atom is 0.287 e. The Bertz CT molecular complexity index is 712. The van der Waals surface area contributed by atoms with Gasteiger partial charge in [-0.25, -0.2) is 0 Å². The Hall–Kier alpha value is -2.07. The van der Waals surface area contributed by atoms with Crippen molar-refractivity contribution in [1.82, 2.24) is 10.2 Å². The van der Waals surface area contributed by atoms with Gasteiger partial charge in [-0.15, -0.1) is 0 Å². The zero-order valence-corrected chi connectivity index (χ0v) is 15.4. The monoisotopic (exact) mass is 340 g/mol. The molecule has 0 aliphatic carbocycles. The number of amides is 1. The van der Waals surface area contributed by atoms with Gasteiger partial charge in [0, 0.05) is 31.7 Å². The van der Waals surface area contributed by atoms with Gasteiger partial charge in [-0.2, -0.15) is 0 Å². The van der Waals surface area contributed by atoms with E-state index in [1.54, 1.807) is 6.26 Å². The SMILES string of the molecule is Cc1ccoc1C(=O)NCc1ccccc1CN1C[C@@H](C)C[C@H](C)C1. The van der Waals surface area contributed by atoms with Gasteiger partial charge in [0.2, 0.25) is 0 Å². The minimum Gasteiger partial charge on any atom is -0.459 e. The third kappa shape index (κ3) is 4.51. The average Bonchev–Trinajstić information content (AvgIpc) is 2.99. The molecule has 2 atom stereocenters. The predicted octanol–water partition coefficient (Wildman–Crippen LogP) is 4.00. The number of piperidine rings is 1. The molecule has 1 N–H and O–H groups in total. The Morgan fingerprint density at radius 3 is 2.48 bits per heavy atom. The molecule has 1 aliphatic rings. The Kier molecular flexibility index (Phi) is 5.59. The van der Waals surface area contributed by atoms with Crippen LogP contribution in [0.2, 0.25) is 0 Å². The highest BCUT2D eigenvalue weighted by atomic mass is 16.3. The van der Waals surface area contributed by atoms with Gasteiger partial charge in [0.05, 0.1) is 6.26 Å². The maximum absolute atomic E-state index is 12.3. The molecule has 1 saturated heterocycles. The lowest BCUT2D eigenvalue weighted by Crippen LogP contribution is -2.38. The summed E-state index contributed by atoms with van der Waals surface area (Å²) < 4.78 is 5.27. The Balaban J connectivity index is 1.65. The standard InChI is InChI=1S/C21H28N2O2/c1-15-10-16(2)13-23(12-15)14-19-7-5-4-6-18(19)11-22-21(24)20-17(3)8-9-25-20/h4-9,15-16H,10-14H2,1-3H3,(H,22,24)/t15-,16-/m0/s1. The van der Waals surface area contributed by atoms with Crippen molar-refractivity contribution in [3.8, 4) is 0 Å². The van der Waals surface area contributed by atoms with Crippen LogP contribution in [0.1, 0.15) is 47.5 Å². The predicted molar refractivity (Wildman–Crippen MR) is 99.3 cm³/mol. The first-order chi connectivity index (χ1) is 12.0. The number of nitrogens with one attached hydrogen (secondary N) is 1. The first kappa shape index (κ1) is 17.7. The van der Waals surface area contributed by atoms with E-state index in [9.17, 15) is 4.79 Å². The van der Waals surface area contributed by atoms with Crippen LogP contribution in [0.15, 0.2) is 41.0 Å². The second kappa shape index (κ2) is 7.87. The quantitative estimate of drug-likeness (QED) is 0.895. The van der Waals surface area contributed by atoms with Crippen molar-refractivity contribution in [2.24, 2.45) is 11.8 Å². The van der Waals surface area contributed by atoms with E-state index in [1.165, 1.54) is 17.5 Å². The van der Waals surface area contributed by atoms with Crippen molar-refractivity contribution < 1.29 is 9.21 Å². The molecule has 4 nitrogen and oxygen atoms in total. The van der Waals surface area contributed by atoms with Crippen molar-refractivity contribution in [2.75, 3.05) is 13.1 Å². The number of carbonyl (C=O) groups excluding carboxylic acids is 1. The highest BCUT2D eigenvalue weighted by Crippen LogP contribution is 2.23. The fourth-order valence-electron chi connectivity index (χ4n) is 3.91. The molecule has 0 saturated carbocycles. The van der Waals surface area contributed by atoms with Crippen molar-refractivity contribution in [3.05, 3.63) is 59.0 Å². The smallest absolute Gasteiger partial charge is 0.287 e. The fraction of sp³-hybridized carbons (Fsp3) is 0.476. The van der Waals surface area contributed by atoms with Crippen LogP contribution in [0.4, 0.5) is 0 Å². The van der Waals surface area contributed by atoms with Crippen LogP contribution in [0.25, 0.3) is 0 Å². The number of hydrogen-bond acceptors (Lipinski definition) is 3. The van der Waals surface area contributed by atoms with Crippen LogP contribution in [-0.4, -0.2) is 23.9 Å². The van der Waals surface area contributed by atoms with Gasteiger partial charge in [-0.1, -0.05) is 38.1 Å². The average molecular weight is 340 g/mol. The van der Waals surface area contributed by atoms with Crippen molar-refractivity contribution in [3.63, 3.8) is 0 Å². The molecule has 4 heteroatoms. The molecule has 0 radical (unpaired) electrons. The van der Waals surface area contributed by atoms with E-state index < -0.39 is 0 Å². The maximum atomic E-state index is 12.3. The summed E-state index contributed by atoms with van der Waals surface area (Å²) in [6.07, 6.45) is 2.87. The lowest BCUT2D eigenvalue weighted by molar-refractivity contribution is 0.0922. The summed E-state index contributed by atoms with van der Waals surface area (Å²) in [5, 5.41) is 2.99. The van der Waals surface area contributed by atoms with Gasteiger partial charge in [-0.3, -0.25) is 9.69 Å². The van der Waals surface area contributed by atoms with Crippen LogP contribution >= 0.6 is 0 Å². The van der Waals surface area contributed by atoms with E-state index in [0.29, 0.717) is 12.3 Å². The number of hydrogen-bond donors (Lipinski definition) is 1. The number of likely N-dealkylation sites (tertiary alicyclic amines) is 1. The molecule has 0 bridgehead atoms. The summed E-state index contributed by atoms with van der Waals surface area (Å²) in [6.45, 7) is 10.3. The van der Waals surface area contributed by atoms with Crippen molar-refractivity contribution in [2.45, 2.75) is 40.3 Å². The summed E-state index contributed by atoms with van der Waals surface area (Å²) in [4.78, 5) is 14.8. The molecule has 1 aromatic heterocycles. The molecule has 1 aliphatic heterocycles. The number of furan rings is 1. The Morgan fingerprint density at radius 1 is 1.16 bits per heavy atom. The van der Waals surface area contributed by atoms with Crippen LogP contribution in [0.5, 0.6) is 0 Å². The molecule has 2 heterocycles. The van der Waals surface area contributed by atoms with Crippen LogP contribution in [0.3, 0.4) is 0 Å². The van der Waals surface area contributed by atoms with E-state index >= 15 is 0 Å². The third-order valence-corrected chi connectivity index (χ3v) is 4.96. The number of carbonyl (C=O) groups is 1. The normalized spacial score (nSPS) is 21.2. The van der Waals surface area contributed by atoms with Gasteiger partial charge in [0.25, 0.3) is 5.91 Å². The van der Waals surface area contributed by atoms with E-state index in [1.807, 2.05) is 19.1 Å². The van der Waals surface area contributed by atoms with E-state index in [2.05, 4.69) is 42.3 Å². The zero-order chi connectivity index (χ0) is 17.8. The van der Waals surface area contributed by atoms with Gasteiger partial charge in [0.1, 0.15) is 0 Å². The zero-order valence-electron chi connectivity index (χ0n) is 15.4. The largest absolute Gasteiger partial charge is 0.459 e. The number of nitrogens with zero attached hydrogens (tertiary/aromatic N) is 1. The summed E-state index contributed by atoms with van der Waals surface area (Å²) in [5.41, 5.74) is 3.33. The molecule has 2 aromatic rings. The summed E-state index contributed by atoms with van der Waals surface area (Å²) >= 11 is 0. The number of aryl methyl sites for hydroxylation is 1. The summed E-state index contributed by atoms with van der Waals surface area (Å²) in [6, 6.07) is 10.2. The van der Waals surface area contributed by atoms with Gasteiger partial charge in [0.15, 0.2) is 5.76 Å². The second-order valence-electron chi connectivity index (χ2n) is 7.52. The van der Waals surface area contributed by atoms with Crippen LogP contribution in [0, 0.1) is 18.8 Å². The van der Waals surface area contributed by atoms with Gasteiger partial charge >= 0.3 is 0 Å². The molecular weight excluding hydrogens is 312 g/mol. The van der Waals surface area contributed by atoms with E-state index in [0.717, 1.165) is 37.0 Å². The summed E-state index contributed by atoms with van der Waals surface area (Å²) in [7, 11) is 0. The molecule has 134 valence electrons. The lowest BCUT2D eigenvalue weighted by atomic mass is 9.91. The fourth-order valence-corrected chi connectivity index (χ4v) is 3.91. The topological polar surface area (TPSA) is 45.5 Å². The molecule has 1 aromatic carbocycles. The van der Waals surface area contributed by atoms with Gasteiger partial charge < -0.3 is 9.73 Å². The van der Waals surface area contributed by atoms with E-state index in [4.69, 9.17) is 4.42 Å². The highest BCUT2D eigenvalue weighted by Gasteiger charge is 2.22. The van der Waals surface area contributed by atoms with Crippen molar-refractivity contribution in [1.29, 1.82) is 0 Å². The molecule has 0 spiro atoms. The van der Waals surface area contributed by atoms with Gasteiger partial charge in [-0.05, 0) is 42.4 Å². The minimum absolute atomic E-state index is 0.155. The molecule has 1 amide bonds. The highest BCUT2D eigenvalue weighted by molar-refractivity contribution is 5.92. The first-order valence-corrected chi connectivity index (χ1v) is 9.14. The van der Waals surface area contributed by atoms with Crippen LogP contribution < -0.4 is 5.32 Å². The number of benzene rings is 1. The lowest BCUT2D eigenvalue weighted by Gasteiger charge is -2.35. The van der Waals surface area contributed by atoms with Crippen LogP contribution in [-0.2, 0) is 13.1 Å². The summed E-state index contributed by atoms with van der Waals surface area (Å²) in [5.74, 6) is 1.74. The Morgan fingerprint density at radius 2 is 1.84 bits per heavy atom. The minimum atomic E-state index is -0.155. The molecule has 3 rings (SSSR count). The van der Waals surface area contributed by atoms with E-state index in [-0.39, 0.29) is 5.91 Å². The first-order valence-electron chi connectivity index (χ1n) is 9.14. The molecular formula is C21H28N2O2. The van der Waals surface area contributed by atoms with Crippen molar-refractivity contribution >= 4 is 5.91 Å². The number of rotatable bonds is 5. The third-order valence-electron chi connectivity index (χ3n) is 4.96. The molecule has 0 unspecified atom stereocenters. The Labute approximate surface area is 150 Å². The molecule has 1 fully saturated rings.